The molecule has 5 heteroatoms. The third-order valence-electron chi connectivity index (χ3n) is 4.84. The molecule has 1 aliphatic carbocycles. The fourth-order valence-electron chi connectivity index (χ4n) is 3.14. The van der Waals surface area contributed by atoms with Crippen LogP contribution in [0.15, 0.2) is 42.7 Å². The Morgan fingerprint density at radius 3 is 2.29 bits per heavy atom. The summed E-state index contributed by atoms with van der Waals surface area (Å²) >= 11 is 1.89. The Balaban J connectivity index is 0.000000203. The monoisotopic (exact) mass is 398 g/mol. The predicted molar refractivity (Wildman–Crippen MR) is 122 cm³/mol. The number of rotatable bonds is 4. The Kier molecular flexibility index (Phi) is 8.47. The zero-order valence-electron chi connectivity index (χ0n) is 17.8. The van der Waals surface area contributed by atoms with E-state index in [-0.39, 0.29) is 0 Å². The first kappa shape index (κ1) is 22.4. The van der Waals surface area contributed by atoms with E-state index in [0.717, 1.165) is 23.3 Å². The number of anilines is 1. The molecule has 1 aromatic carbocycles. The summed E-state index contributed by atoms with van der Waals surface area (Å²) in [6.45, 7) is 9.15. The number of hydrogen-bond donors (Lipinski definition) is 2. The Hall–Kier alpha value is -1.90. The molecule has 1 aromatic heterocycles. The summed E-state index contributed by atoms with van der Waals surface area (Å²) in [7, 11) is 1.84. The highest BCUT2D eigenvalue weighted by molar-refractivity contribution is 7.98. The van der Waals surface area contributed by atoms with Crippen molar-refractivity contribution in [3.05, 3.63) is 48.3 Å². The molecule has 0 spiro atoms. The van der Waals surface area contributed by atoms with Gasteiger partial charge in [0.1, 0.15) is 6.07 Å². The lowest BCUT2D eigenvalue weighted by atomic mass is 9.88. The van der Waals surface area contributed by atoms with E-state index in [1.54, 1.807) is 0 Å². The molecule has 4 nitrogen and oxygen atoms in total. The molecule has 1 aliphatic rings. The zero-order chi connectivity index (χ0) is 20.6. The minimum Gasteiger partial charge on any atom is -0.388 e. The first-order chi connectivity index (χ1) is 13.3. The molecular weight excluding hydrogens is 364 g/mol. The maximum absolute atomic E-state index is 9.05. The molecule has 0 amide bonds. The van der Waals surface area contributed by atoms with Crippen LogP contribution in [0.4, 0.5) is 5.69 Å². The first-order valence-electron chi connectivity index (χ1n) is 10.1. The molecule has 0 radical (unpaired) electrons. The normalized spacial score (nSPS) is 19.3. The van der Waals surface area contributed by atoms with Crippen LogP contribution in [0.2, 0.25) is 0 Å². The van der Waals surface area contributed by atoms with Crippen molar-refractivity contribution in [3.8, 4) is 11.8 Å². The Morgan fingerprint density at radius 2 is 1.75 bits per heavy atom. The SMILES string of the molecule is CC1CCC(NSC(C)(C)C)CC1.CNc1ccc(-n2cccc2)c(C#N)c1. The molecule has 0 aliphatic heterocycles. The molecule has 0 atom stereocenters. The number of nitriles is 1. The average molecular weight is 399 g/mol. The highest BCUT2D eigenvalue weighted by Gasteiger charge is 2.20. The highest BCUT2D eigenvalue weighted by Crippen LogP contribution is 2.27. The van der Waals surface area contributed by atoms with E-state index in [1.165, 1.54) is 25.7 Å². The van der Waals surface area contributed by atoms with E-state index < -0.39 is 0 Å². The summed E-state index contributed by atoms with van der Waals surface area (Å²) < 4.78 is 5.88. The Bertz CT molecular complexity index is 748. The van der Waals surface area contributed by atoms with Gasteiger partial charge in [0.2, 0.25) is 0 Å². The smallest absolute Gasteiger partial charge is 0.101 e. The molecule has 2 aromatic rings. The lowest BCUT2D eigenvalue weighted by Crippen LogP contribution is -2.31. The van der Waals surface area contributed by atoms with Gasteiger partial charge in [0.05, 0.1) is 11.3 Å². The predicted octanol–water partition coefficient (Wildman–Crippen LogP) is 5.99. The third-order valence-corrected chi connectivity index (χ3v) is 5.90. The van der Waals surface area contributed by atoms with Crippen molar-refractivity contribution >= 4 is 17.6 Å². The van der Waals surface area contributed by atoms with Crippen LogP contribution in [-0.2, 0) is 0 Å². The van der Waals surface area contributed by atoms with Gasteiger partial charge in [-0.3, -0.25) is 4.72 Å². The van der Waals surface area contributed by atoms with Crippen LogP contribution < -0.4 is 10.0 Å². The van der Waals surface area contributed by atoms with E-state index in [9.17, 15) is 0 Å². The van der Waals surface area contributed by atoms with Gasteiger partial charge in [0, 0.05) is 35.9 Å². The maximum atomic E-state index is 9.05. The number of benzene rings is 1. The minimum atomic E-state index is 0.350. The molecular formula is C23H34N4S. The molecule has 2 N–H and O–H groups in total. The number of nitrogens with one attached hydrogen (secondary N) is 2. The maximum Gasteiger partial charge on any atom is 0.101 e. The van der Waals surface area contributed by atoms with Crippen LogP contribution >= 0.6 is 11.9 Å². The second kappa shape index (κ2) is 10.6. The van der Waals surface area contributed by atoms with Crippen molar-refractivity contribution in [2.45, 2.75) is 64.2 Å². The van der Waals surface area contributed by atoms with Crippen molar-refractivity contribution in [2.24, 2.45) is 5.92 Å². The van der Waals surface area contributed by atoms with Crippen LogP contribution in [0.1, 0.15) is 58.9 Å². The second-order valence-electron chi connectivity index (χ2n) is 8.47. The van der Waals surface area contributed by atoms with Gasteiger partial charge in [-0.05, 0) is 82.7 Å². The Labute approximate surface area is 174 Å². The van der Waals surface area contributed by atoms with Gasteiger partial charge in [0.25, 0.3) is 0 Å². The third kappa shape index (κ3) is 7.26. The van der Waals surface area contributed by atoms with Gasteiger partial charge in [-0.15, -0.1) is 0 Å². The van der Waals surface area contributed by atoms with Gasteiger partial charge in [-0.1, -0.05) is 18.9 Å². The van der Waals surface area contributed by atoms with E-state index >= 15 is 0 Å². The summed E-state index contributed by atoms with van der Waals surface area (Å²) in [5, 5.41) is 12.1. The van der Waals surface area contributed by atoms with Crippen molar-refractivity contribution in [1.29, 1.82) is 5.26 Å². The fourth-order valence-corrected chi connectivity index (χ4v) is 3.90. The zero-order valence-corrected chi connectivity index (χ0v) is 18.6. The topological polar surface area (TPSA) is 52.8 Å². The van der Waals surface area contributed by atoms with E-state index in [0.29, 0.717) is 10.3 Å². The van der Waals surface area contributed by atoms with Crippen LogP contribution in [0.3, 0.4) is 0 Å². The molecule has 28 heavy (non-hydrogen) atoms. The van der Waals surface area contributed by atoms with E-state index in [4.69, 9.17) is 5.26 Å². The molecule has 0 saturated heterocycles. The fraction of sp³-hybridized carbons (Fsp3) is 0.522. The van der Waals surface area contributed by atoms with E-state index in [1.807, 2.05) is 66.3 Å². The molecule has 0 bridgehead atoms. The van der Waals surface area contributed by atoms with Crippen LogP contribution in [0.5, 0.6) is 0 Å². The summed E-state index contributed by atoms with van der Waals surface area (Å²) in [6.07, 6.45) is 9.39. The second-order valence-corrected chi connectivity index (χ2v) is 10.1. The molecule has 152 valence electrons. The van der Waals surface area contributed by atoms with Gasteiger partial charge in [-0.25, -0.2) is 0 Å². The summed E-state index contributed by atoms with van der Waals surface area (Å²) in [5.41, 5.74) is 2.52. The van der Waals surface area contributed by atoms with Crippen molar-refractivity contribution in [3.63, 3.8) is 0 Å². The number of nitrogens with zero attached hydrogens (tertiary/aromatic N) is 2. The van der Waals surface area contributed by atoms with Gasteiger partial charge < -0.3 is 9.88 Å². The standard InChI is InChI=1S/C12H11N3.C11H23NS/c1-14-11-4-5-12(10(8-11)9-13)15-6-2-3-7-15;1-9-5-7-10(8-6-9)12-13-11(2,3)4/h2-8,14H,1H3;9-10,12H,5-8H2,1-4H3. The quantitative estimate of drug-likeness (QED) is 0.621. The van der Waals surface area contributed by atoms with Crippen molar-refractivity contribution in [1.82, 2.24) is 9.29 Å². The summed E-state index contributed by atoms with van der Waals surface area (Å²) in [6, 6.07) is 12.6. The summed E-state index contributed by atoms with van der Waals surface area (Å²) in [4.78, 5) is 0. The molecule has 1 heterocycles. The van der Waals surface area contributed by atoms with Crippen molar-refractivity contribution < 1.29 is 0 Å². The summed E-state index contributed by atoms with van der Waals surface area (Å²) in [5.74, 6) is 0.956. The lowest BCUT2D eigenvalue weighted by molar-refractivity contribution is 0.336. The lowest BCUT2D eigenvalue weighted by Gasteiger charge is -2.29. The van der Waals surface area contributed by atoms with Gasteiger partial charge >= 0.3 is 0 Å². The van der Waals surface area contributed by atoms with Crippen LogP contribution in [0.25, 0.3) is 5.69 Å². The largest absolute Gasteiger partial charge is 0.388 e. The van der Waals surface area contributed by atoms with Gasteiger partial charge in [-0.2, -0.15) is 5.26 Å². The molecule has 1 fully saturated rings. The Morgan fingerprint density at radius 1 is 1.11 bits per heavy atom. The highest BCUT2D eigenvalue weighted by atomic mass is 32.2. The van der Waals surface area contributed by atoms with E-state index in [2.05, 4.69) is 43.8 Å². The number of hydrogen-bond acceptors (Lipinski definition) is 4. The molecule has 1 saturated carbocycles. The minimum absolute atomic E-state index is 0.350. The number of aromatic nitrogens is 1. The van der Waals surface area contributed by atoms with Crippen molar-refractivity contribution in [2.75, 3.05) is 12.4 Å². The molecule has 3 rings (SSSR count). The average Bonchev–Trinajstić information content (AvgIpc) is 3.21. The van der Waals surface area contributed by atoms with Crippen LogP contribution in [-0.4, -0.2) is 22.4 Å². The first-order valence-corrected chi connectivity index (χ1v) is 10.9. The molecule has 0 unspecified atom stereocenters. The van der Waals surface area contributed by atoms with Crippen LogP contribution in [0, 0.1) is 17.2 Å². The van der Waals surface area contributed by atoms with Gasteiger partial charge in [0.15, 0.2) is 0 Å².